The molecule has 0 fully saturated rings. The van der Waals surface area contributed by atoms with E-state index in [1.807, 2.05) is 16.0 Å². The molecule has 1 aromatic carbocycles. The largest absolute Gasteiger partial charge is 0.494 e. The van der Waals surface area contributed by atoms with Gasteiger partial charge in [0.2, 0.25) is 5.91 Å². The van der Waals surface area contributed by atoms with E-state index in [1.165, 1.54) is 22.1 Å². The summed E-state index contributed by atoms with van der Waals surface area (Å²) in [5.74, 6) is 0.859. The number of fused-ring (bicyclic) bond motifs is 1. The summed E-state index contributed by atoms with van der Waals surface area (Å²) in [6, 6.07) is 5.20. The molecular weight excluding hydrogens is 402 g/mol. The lowest BCUT2D eigenvalue weighted by molar-refractivity contribution is -0.111. The SMILES string of the molecule is COc1ccc(NC(=O)/C=C/c2c(Cl)nc3sccn23)cc1-n1nnnc1C. The Bertz CT molecular complexity index is 1190. The van der Waals surface area contributed by atoms with Gasteiger partial charge in [-0.05, 0) is 41.6 Å². The highest BCUT2D eigenvalue weighted by Crippen LogP contribution is 2.26. The number of anilines is 1. The lowest BCUT2D eigenvalue weighted by Crippen LogP contribution is -2.09. The van der Waals surface area contributed by atoms with Gasteiger partial charge in [0.05, 0.1) is 12.8 Å². The number of aryl methyl sites for hydroxylation is 1. The first kappa shape index (κ1) is 18.1. The lowest BCUT2D eigenvalue weighted by Gasteiger charge is -2.11. The van der Waals surface area contributed by atoms with Crippen molar-refractivity contribution in [1.29, 1.82) is 0 Å². The molecule has 1 amide bonds. The van der Waals surface area contributed by atoms with Crippen molar-refractivity contribution in [3.05, 3.63) is 52.5 Å². The zero-order valence-electron chi connectivity index (χ0n) is 14.8. The molecule has 4 rings (SSSR count). The normalized spacial score (nSPS) is 11.4. The fourth-order valence-corrected chi connectivity index (χ4v) is 3.66. The summed E-state index contributed by atoms with van der Waals surface area (Å²) in [6.07, 6.45) is 4.88. The zero-order valence-corrected chi connectivity index (χ0v) is 16.4. The number of nitrogens with one attached hydrogen (secondary N) is 1. The monoisotopic (exact) mass is 415 g/mol. The van der Waals surface area contributed by atoms with Gasteiger partial charge in [-0.3, -0.25) is 9.20 Å². The molecule has 142 valence electrons. The molecule has 0 radical (unpaired) electrons. The molecule has 11 heteroatoms. The number of hydrogen-bond acceptors (Lipinski definition) is 7. The van der Waals surface area contributed by atoms with Gasteiger partial charge in [0, 0.05) is 23.3 Å². The summed E-state index contributed by atoms with van der Waals surface area (Å²) in [5.41, 5.74) is 1.83. The van der Waals surface area contributed by atoms with Crippen LogP contribution < -0.4 is 10.1 Å². The van der Waals surface area contributed by atoms with Crippen LogP contribution in [-0.2, 0) is 4.79 Å². The van der Waals surface area contributed by atoms with Crippen molar-refractivity contribution < 1.29 is 9.53 Å². The number of thiazole rings is 1. The first-order valence-corrected chi connectivity index (χ1v) is 9.36. The number of rotatable bonds is 5. The third kappa shape index (κ3) is 3.35. The summed E-state index contributed by atoms with van der Waals surface area (Å²) in [5, 5.41) is 16.5. The molecule has 0 saturated heterocycles. The quantitative estimate of drug-likeness (QED) is 0.503. The average molecular weight is 416 g/mol. The van der Waals surface area contributed by atoms with Gasteiger partial charge in [-0.15, -0.1) is 16.4 Å². The molecule has 0 atom stereocenters. The number of benzene rings is 1. The number of halogens is 1. The minimum absolute atomic E-state index is 0.314. The van der Waals surface area contributed by atoms with Crippen molar-refractivity contribution in [2.75, 3.05) is 12.4 Å². The molecular formula is C17H14ClN7O2S. The molecule has 0 unspecified atom stereocenters. The van der Waals surface area contributed by atoms with Crippen LogP contribution in [0, 0.1) is 6.92 Å². The van der Waals surface area contributed by atoms with E-state index in [4.69, 9.17) is 16.3 Å². The maximum atomic E-state index is 12.4. The molecule has 0 aliphatic rings. The third-order valence-electron chi connectivity index (χ3n) is 3.95. The summed E-state index contributed by atoms with van der Waals surface area (Å²) in [6.45, 7) is 1.77. The standard InChI is InChI=1S/C17H14ClN7O2S/c1-10-21-22-23-25(10)13-9-11(3-5-14(13)27-2)19-15(26)6-4-12-16(18)20-17-24(12)7-8-28-17/h3-9H,1-2H3,(H,19,26)/b6-4+. The molecule has 0 bridgehead atoms. The summed E-state index contributed by atoms with van der Waals surface area (Å²) < 4.78 is 8.71. The smallest absolute Gasteiger partial charge is 0.248 e. The number of ether oxygens (including phenoxy) is 1. The fraction of sp³-hybridized carbons (Fsp3) is 0.118. The molecule has 1 N–H and O–H groups in total. The van der Waals surface area contributed by atoms with Crippen LogP contribution in [0.3, 0.4) is 0 Å². The number of aromatic nitrogens is 6. The number of carbonyl (C=O) groups excluding carboxylic acids is 1. The number of hydrogen-bond donors (Lipinski definition) is 1. The van der Waals surface area contributed by atoms with Crippen LogP contribution in [0.5, 0.6) is 5.75 Å². The van der Waals surface area contributed by atoms with Crippen molar-refractivity contribution in [1.82, 2.24) is 29.6 Å². The van der Waals surface area contributed by atoms with Gasteiger partial charge in [0.25, 0.3) is 0 Å². The number of nitrogens with zero attached hydrogens (tertiary/aromatic N) is 6. The fourth-order valence-electron chi connectivity index (χ4n) is 2.65. The molecule has 3 heterocycles. The van der Waals surface area contributed by atoms with E-state index < -0.39 is 0 Å². The van der Waals surface area contributed by atoms with E-state index in [2.05, 4.69) is 25.8 Å². The maximum absolute atomic E-state index is 12.4. The molecule has 4 aromatic rings. The summed E-state index contributed by atoms with van der Waals surface area (Å²) >= 11 is 7.60. The maximum Gasteiger partial charge on any atom is 0.248 e. The number of carbonyl (C=O) groups is 1. The Kier molecular flexibility index (Phi) is 4.80. The van der Waals surface area contributed by atoms with Gasteiger partial charge in [0.1, 0.15) is 11.4 Å². The number of amides is 1. The number of methoxy groups -OCH3 is 1. The van der Waals surface area contributed by atoms with Crippen LogP contribution in [-0.4, -0.2) is 42.6 Å². The second-order valence-corrected chi connectivity index (χ2v) is 6.92. The van der Waals surface area contributed by atoms with Crippen molar-refractivity contribution >= 4 is 45.6 Å². The van der Waals surface area contributed by atoms with Crippen LogP contribution in [0.25, 0.3) is 16.7 Å². The number of imidazole rings is 1. The number of tetrazole rings is 1. The van der Waals surface area contributed by atoms with E-state index in [9.17, 15) is 4.79 Å². The van der Waals surface area contributed by atoms with E-state index in [0.29, 0.717) is 33.8 Å². The molecule has 0 aliphatic carbocycles. The van der Waals surface area contributed by atoms with E-state index in [1.54, 1.807) is 38.3 Å². The van der Waals surface area contributed by atoms with Gasteiger partial charge < -0.3 is 10.1 Å². The topological polar surface area (TPSA) is 99.2 Å². The van der Waals surface area contributed by atoms with Crippen molar-refractivity contribution in [2.24, 2.45) is 0 Å². The second kappa shape index (κ2) is 7.41. The van der Waals surface area contributed by atoms with Crippen LogP contribution in [0.4, 0.5) is 5.69 Å². The Labute approximate surface area is 168 Å². The Balaban J connectivity index is 1.57. The van der Waals surface area contributed by atoms with Crippen LogP contribution in [0.2, 0.25) is 5.15 Å². The van der Waals surface area contributed by atoms with Crippen LogP contribution in [0.15, 0.2) is 35.9 Å². The van der Waals surface area contributed by atoms with Crippen LogP contribution in [0.1, 0.15) is 11.5 Å². The Morgan fingerprint density at radius 2 is 2.25 bits per heavy atom. The molecule has 0 aliphatic heterocycles. The molecule has 28 heavy (non-hydrogen) atoms. The Hall–Kier alpha value is -3.24. The molecule has 3 aromatic heterocycles. The first-order chi connectivity index (χ1) is 13.6. The molecule has 9 nitrogen and oxygen atoms in total. The second-order valence-electron chi connectivity index (χ2n) is 5.69. The third-order valence-corrected chi connectivity index (χ3v) is 4.98. The summed E-state index contributed by atoms with van der Waals surface area (Å²) in [4.78, 5) is 17.4. The molecule has 0 saturated carbocycles. The highest BCUT2D eigenvalue weighted by molar-refractivity contribution is 7.15. The predicted octanol–water partition coefficient (Wildman–Crippen LogP) is 2.99. The zero-order chi connectivity index (χ0) is 19.7. The van der Waals surface area contributed by atoms with Gasteiger partial charge in [0.15, 0.2) is 15.9 Å². The average Bonchev–Trinajstić information content (AvgIpc) is 3.37. The Morgan fingerprint density at radius 1 is 1.39 bits per heavy atom. The highest BCUT2D eigenvalue weighted by Gasteiger charge is 2.12. The van der Waals surface area contributed by atoms with Gasteiger partial charge >= 0.3 is 0 Å². The summed E-state index contributed by atoms with van der Waals surface area (Å²) in [7, 11) is 1.56. The highest BCUT2D eigenvalue weighted by atomic mass is 35.5. The van der Waals surface area contributed by atoms with Gasteiger partial charge in [-0.1, -0.05) is 11.6 Å². The predicted molar refractivity (Wildman–Crippen MR) is 106 cm³/mol. The minimum Gasteiger partial charge on any atom is -0.494 e. The van der Waals surface area contributed by atoms with E-state index >= 15 is 0 Å². The van der Waals surface area contributed by atoms with Crippen molar-refractivity contribution in [2.45, 2.75) is 6.92 Å². The van der Waals surface area contributed by atoms with Crippen LogP contribution >= 0.6 is 22.9 Å². The van der Waals surface area contributed by atoms with E-state index in [0.717, 1.165) is 4.96 Å². The van der Waals surface area contributed by atoms with Crippen molar-refractivity contribution in [3.63, 3.8) is 0 Å². The van der Waals surface area contributed by atoms with E-state index in [-0.39, 0.29) is 5.91 Å². The van der Waals surface area contributed by atoms with Gasteiger partial charge in [-0.2, -0.15) is 4.68 Å². The van der Waals surface area contributed by atoms with Gasteiger partial charge in [-0.25, -0.2) is 4.98 Å². The lowest BCUT2D eigenvalue weighted by atomic mass is 10.2. The Morgan fingerprint density at radius 3 is 3.00 bits per heavy atom. The van der Waals surface area contributed by atoms with Crippen molar-refractivity contribution in [3.8, 4) is 11.4 Å². The minimum atomic E-state index is -0.314. The molecule has 0 spiro atoms. The first-order valence-electron chi connectivity index (χ1n) is 8.10.